The van der Waals surface area contributed by atoms with Gasteiger partial charge in [0, 0.05) is 11.8 Å². The molecule has 2 atom stereocenters. The molecule has 98 valence electrons. The molecule has 1 aliphatic heterocycles. The molecule has 2 unspecified atom stereocenters. The van der Waals surface area contributed by atoms with Crippen LogP contribution in [0.3, 0.4) is 0 Å². The van der Waals surface area contributed by atoms with Crippen molar-refractivity contribution in [2.24, 2.45) is 0 Å². The van der Waals surface area contributed by atoms with E-state index in [-0.39, 0.29) is 25.4 Å². The van der Waals surface area contributed by atoms with Crippen molar-refractivity contribution in [2.75, 3.05) is 25.0 Å². The monoisotopic (exact) mass is 294 g/mol. The number of alkyl halides is 2. The minimum Gasteiger partial charge on any atom is -0.373 e. The fourth-order valence-corrected chi connectivity index (χ4v) is 1.64. The van der Waals surface area contributed by atoms with E-state index in [1.807, 2.05) is 13.8 Å². The molecular weight excluding hydrogens is 278 g/mol. The third-order valence-electron chi connectivity index (χ3n) is 1.49. The number of rotatable bonds is 4. The van der Waals surface area contributed by atoms with E-state index in [0.717, 1.165) is 0 Å². The number of phosphoric ester groups is 1. The van der Waals surface area contributed by atoms with E-state index in [9.17, 15) is 4.57 Å². The standard InChI is InChI=1S/C6H12Cl2O.C2H5O4P/c1-5(3-7)9-6(2)4-8;3-7(4)5-1-2-6-7/h5-6H,3-4H2,1-2H3;1-2H2,(H,3,4). The Kier molecular flexibility index (Phi) is 9.05. The molecule has 0 aromatic heterocycles. The minimum atomic E-state index is -3.54. The molecule has 0 aromatic rings. The molecule has 8 heteroatoms. The first kappa shape index (κ1) is 16.6. The lowest BCUT2D eigenvalue weighted by Crippen LogP contribution is -2.19. The molecule has 1 saturated heterocycles. The second-order valence-corrected chi connectivity index (χ2v) is 5.27. The zero-order valence-electron chi connectivity index (χ0n) is 9.27. The van der Waals surface area contributed by atoms with Crippen molar-refractivity contribution in [2.45, 2.75) is 26.1 Å². The molecule has 0 bridgehead atoms. The van der Waals surface area contributed by atoms with Gasteiger partial charge in [0.15, 0.2) is 0 Å². The zero-order chi connectivity index (χ0) is 12.6. The summed E-state index contributed by atoms with van der Waals surface area (Å²) in [7, 11) is -3.54. The minimum absolute atomic E-state index is 0.111. The summed E-state index contributed by atoms with van der Waals surface area (Å²) < 4.78 is 23.9. The SMILES string of the molecule is CC(CCl)OC(C)CCl.O=P1(O)OCCO1. The Bertz CT molecular complexity index is 210. The molecule has 1 aliphatic rings. The Hall–Kier alpha value is 0.650. The summed E-state index contributed by atoms with van der Waals surface area (Å²) in [4.78, 5) is 8.31. The highest BCUT2D eigenvalue weighted by molar-refractivity contribution is 7.47. The molecule has 0 amide bonds. The quantitative estimate of drug-likeness (QED) is 0.637. The second-order valence-electron chi connectivity index (χ2n) is 3.20. The van der Waals surface area contributed by atoms with Gasteiger partial charge < -0.3 is 9.63 Å². The maximum absolute atomic E-state index is 10.1. The van der Waals surface area contributed by atoms with Gasteiger partial charge in [-0.2, -0.15) is 0 Å². The van der Waals surface area contributed by atoms with E-state index < -0.39 is 7.82 Å². The molecular formula is C8H17Cl2O5P. The lowest BCUT2D eigenvalue weighted by atomic mass is 10.4. The van der Waals surface area contributed by atoms with Gasteiger partial charge in [0.2, 0.25) is 0 Å². The summed E-state index contributed by atoms with van der Waals surface area (Å²) in [5.41, 5.74) is 0. The smallest absolute Gasteiger partial charge is 0.373 e. The highest BCUT2D eigenvalue weighted by Crippen LogP contribution is 2.46. The first-order valence-electron chi connectivity index (χ1n) is 4.80. The van der Waals surface area contributed by atoms with E-state index in [1.165, 1.54) is 0 Å². The number of hydrogen-bond donors (Lipinski definition) is 1. The first-order chi connectivity index (χ1) is 7.41. The Balaban J connectivity index is 0.000000288. The molecule has 1 N–H and O–H groups in total. The summed E-state index contributed by atoms with van der Waals surface area (Å²) in [5.74, 6) is 1.06. The summed E-state index contributed by atoms with van der Waals surface area (Å²) in [6.45, 7) is 4.31. The van der Waals surface area contributed by atoms with Gasteiger partial charge in [0.25, 0.3) is 0 Å². The third kappa shape index (κ3) is 8.76. The van der Waals surface area contributed by atoms with Crippen LogP contribution in [0.2, 0.25) is 0 Å². The fraction of sp³-hybridized carbons (Fsp3) is 1.00. The molecule has 1 rings (SSSR count). The van der Waals surface area contributed by atoms with E-state index in [2.05, 4.69) is 9.05 Å². The van der Waals surface area contributed by atoms with Crippen molar-refractivity contribution in [3.63, 3.8) is 0 Å². The number of halogens is 2. The molecule has 1 fully saturated rings. The average Bonchev–Trinajstić information content (AvgIpc) is 2.63. The van der Waals surface area contributed by atoms with E-state index in [0.29, 0.717) is 11.8 Å². The summed E-state index contributed by atoms with van der Waals surface area (Å²) >= 11 is 11.0. The predicted octanol–water partition coefficient (Wildman–Crippen LogP) is 2.39. The molecule has 0 spiro atoms. The van der Waals surface area contributed by atoms with Crippen molar-refractivity contribution in [3.05, 3.63) is 0 Å². The molecule has 0 aromatic carbocycles. The topological polar surface area (TPSA) is 65.0 Å². The Morgan fingerprint density at radius 3 is 1.81 bits per heavy atom. The van der Waals surface area contributed by atoms with Crippen molar-refractivity contribution in [1.29, 1.82) is 0 Å². The molecule has 0 radical (unpaired) electrons. The maximum atomic E-state index is 10.1. The molecule has 16 heavy (non-hydrogen) atoms. The predicted molar refractivity (Wildman–Crippen MR) is 63.2 cm³/mol. The average molecular weight is 295 g/mol. The maximum Gasteiger partial charge on any atom is 0.472 e. The molecule has 0 aliphatic carbocycles. The lowest BCUT2D eigenvalue weighted by molar-refractivity contribution is 0.0339. The number of ether oxygens (including phenoxy) is 1. The molecule has 0 saturated carbocycles. The second kappa shape index (κ2) is 8.70. The van der Waals surface area contributed by atoms with E-state index in [4.69, 9.17) is 32.8 Å². The van der Waals surface area contributed by atoms with Crippen LogP contribution in [0.1, 0.15) is 13.8 Å². The van der Waals surface area contributed by atoms with Gasteiger partial charge in [-0.15, -0.1) is 23.2 Å². The third-order valence-corrected chi connectivity index (χ3v) is 3.38. The van der Waals surface area contributed by atoms with Crippen LogP contribution in [0.25, 0.3) is 0 Å². The van der Waals surface area contributed by atoms with Crippen LogP contribution < -0.4 is 0 Å². The fourth-order valence-electron chi connectivity index (χ4n) is 0.812. The van der Waals surface area contributed by atoms with Gasteiger partial charge in [0.05, 0.1) is 25.4 Å². The molecule has 5 nitrogen and oxygen atoms in total. The van der Waals surface area contributed by atoms with Gasteiger partial charge in [-0.3, -0.25) is 9.05 Å². The van der Waals surface area contributed by atoms with Gasteiger partial charge in [-0.05, 0) is 13.8 Å². The van der Waals surface area contributed by atoms with Crippen molar-refractivity contribution in [1.82, 2.24) is 0 Å². The van der Waals surface area contributed by atoms with Gasteiger partial charge in [-0.25, -0.2) is 4.57 Å². The lowest BCUT2D eigenvalue weighted by Gasteiger charge is -2.13. The van der Waals surface area contributed by atoms with Crippen molar-refractivity contribution in [3.8, 4) is 0 Å². The van der Waals surface area contributed by atoms with Crippen molar-refractivity contribution >= 4 is 31.0 Å². The first-order valence-corrected chi connectivity index (χ1v) is 7.37. The normalized spacial score (nSPS) is 22.1. The van der Waals surface area contributed by atoms with Crippen LogP contribution in [0.5, 0.6) is 0 Å². The summed E-state index contributed by atoms with van der Waals surface area (Å²) in [6, 6.07) is 0. The van der Waals surface area contributed by atoms with Crippen LogP contribution in [-0.4, -0.2) is 42.1 Å². The molecule has 1 heterocycles. The van der Waals surface area contributed by atoms with E-state index >= 15 is 0 Å². The van der Waals surface area contributed by atoms with Gasteiger partial charge in [0.1, 0.15) is 0 Å². The summed E-state index contributed by atoms with van der Waals surface area (Å²) in [5, 5.41) is 0. The largest absolute Gasteiger partial charge is 0.472 e. The highest BCUT2D eigenvalue weighted by Gasteiger charge is 2.26. The number of phosphoric acid groups is 1. The van der Waals surface area contributed by atoms with Gasteiger partial charge in [-0.1, -0.05) is 0 Å². The van der Waals surface area contributed by atoms with Crippen molar-refractivity contribution < 1.29 is 23.2 Å². The zero-order valence-corrected chi connectivity index (χ0v) is 11.7. The van der Waals surface area contributed by atoms with Crippen LogP contribution in [-0.2, 0) is 18.3 Å². The van der Waals surface area contributed by atoms with Crippen LogP contribution in [0.4, 0.5) is 0 Å². The van der Waals surface area contributed by atoms with Gasteiger partial charge >= 0.3 is 7.82 Å². The summed E-state index contributed by atoms with van der Waals surface area (Å²) in [6.07, 6.45) is 0.223. The Morgan fingerprint density at radius 1 is 1.25 bits per heavy atom. The van der Waals surface area contributed by atoms with Crippen LogP contribution in [0, 0.1) is 0 Å². The highest BCUT2D eigenvalue weighted by atomic mass is 35.5. The number of hydrogen-bond acceptors (Lipinski definition) is 4. The Labute approximate surface area is 106 Å². The Morgan fingerprint density at radius 2 is 1.62 bits per heavy atom. The van der Waals surface area contributed by atoms with E-state index in [1.54, 1.807) is 0 Å². The van der Waals surface area contributed by atoms with Crippen LogP contribution >= 0.6 is 31.0 Å². The van der Waals surface area contributed by atoms with Crippen LogP contribution in [0.15, 0.2) is 0 Å².